The number of halogens is 1. The molecule has 3 amide bonds. The number of likely N-dealkylation sites (N-methyl/N-ethyl adjacent to an activating group) is 1. The predicted octanol–water partition coefficient (Wildman–Crippen LogP) is 2.42. The number of nitrogens with one attached hydrogen (secondary N) is 1. The van der Waals surface area contributed by atoms with E-state index in [4.69, 9.17) is 0 Å². The number of amidine groups is 1. The summed E-state index contributed by atoms with van der Waals surface area (Å²) in [6, 6.07) is 7.00. The molecule has 8 heteroatoms. The van der Waals surface area contributed by atoms with Crippen LogP contribution in [0.2, 0.25) is 0 Å². The summed E-state index contributed by atoms with van der Waals surface area (Å²) in [5.74, 6) is 0.378. The minimum atomic E-state index is -0.515. The van der Waals surface area contributed by atoms with Gasteiger partial charge in [0.25, 0.3) is 5.91 Å². The van der Waals surface area contributed by atoms with Crippen LogP contribution in [-0.2, 0) is 11.3 Å². The summed E-state index contributed by atoms with van der Waals surface area (Å²) in [4.78, 5) is 32.3. The van der Waals surface area contributed by atoms with E-state index in [-0.39, 0.29) is 5.91 Å². The lowest BCUT2D eigenvalue weighted by atomic mass is 10.1. The lowest BCUT2D eigenvalue weighted by Gasteiger charge is -2.36. The van der Waals surface area contributed by atoms with Crippen LogP contribution >= 0.6 is 27.7 Å². The van der Waals surface area contributed by atoms with Gasteiger partial charge in [-0.1, -0.05) is 45.9 Å². The number of aliphatic imine (C=N–C) groups is 1. The van der Waals surface area contributed by atoms with Crippen molar-refractivity contribution < 1.29 is 9.59 Å². The number of carbonyl (C=O) groups is 2. The Morgan fingerprint density at radius 2 is 2.25 bits per heavy atom. The first kappa shape index (κ1) is 17.0. The third-order valence-electron chi connectivity index (χ3n) is 3.89. The molecule has 2 unspecified atom stereocenters. The smallest absolute Gasteiger partial charge is 0.325 e. The zero-order valence-electron chi connectivity index (χ0n) is 13.1. The van der Waals surface area contributed by atoms with E-state index >= 15 is 0 Å². The Morgan fingerprint density at radius 3 is 2.96 bits per heavy atom. The van der Waals surface area contributed by atoms with E-state index in [2.05, 4.69) is 32.8 Å². The van der Waals surface area contributed by atoms with Gasteiger partial charge in [-0.3, -0.25) is 10.1 Å². The number of thioether (sulfide) groups is 1. The zero-order chi connectivity index (χ0) is 17.3. The summed E-state index contributed by atoms with van der Waals surface area (Å²) in [6.07, 6.45) is 1.30. The van der Waals surface area contributed by atoms with Crippen molar-refractivity contribution in [3.05, 3.63) is 47.0 Å². The highest BCUT2D eigenvalue weighted by atomic mass is 79.9. The largest absolute Gasteiger partial charge is 0.331 e. The van der Waals surface area contributed by atoms with Crippen molar-refractivity contribution in [2.75, 3.05) is 12.8 Å². The van der Waals surface area contributed by atoms with Crippen molar-refractivity contribution in [2.24, 2.45) is 4.99 Å². The first-order chi connectivity index (χ1) is 11.5. The minimum absolute atomic E-state index is 0.309. The molecule has 6 nitrogen and oxygen atoms in total. The second kappa shape index (κ2) is 6.98. The van der Waals surface area contributed by atoms with Crippen molar-refractivity contribution in [1.82, 2.24) is 15.1 Å². The van der Waals surface area contributed by atoms with Gasteiger partial charge in [0.15, 0.2) is 17.4 Å². The van der Waals surface area contributed by atoms with Gasteiger partial charge >= 0.3 is 6.03 Å². The minimum Gasteiger partial charge on any atom is -0.331 e. The van der Waals surface area contributed by atoms with Crippen LogP contribution in [0.25, 0.3) is 0 Å². The molecular formula is C16H17BrN4O2S. The first-order valence-corrected chi connectivity index (χ1v) is 9.19. The lowest BCUT2D eigenvalue weighted by molar-refractivity contribution is -0.127. The Hall–Kier alpha value is -1.80. The summed E-state index contributed by atoms with van der Waals surface area (Å²) in [5, 5.41) is 3.15. The Labute approximate surface area is 153 Å². The fourth-order valence-corrected chi connectivity index (χ4v) is 3.99. The summed E-state index contributed by atoms with van der Waals surface area (Å²) in [5.41, 5.74) is 1.06. The van der Waals surface area contributed by atoms with E-state index in [1.165, 1.54) is 16.7 Å². The third kappa shape index (κ3) is 3.21. The van der Waals surface area contributed by atoms with Gasteiger partial charge in [-0.25, -0.2) is 9.79 Å². The van der Waals surface area contributed by atoms with E-state index in [9.17, 15) is 9.59 Å². The third-order valence-corrected chi connectivity index (χ3v) is 5.39. The standard InChI is InChI=1S/C16H17BrN4O2S/c1-3-7-24-16-18-13-12(14(22)19-15(23)20(13)2)21(16)9-10-5-4-6-11(17)8-10/h3-6,8,12-13H,1,7,9H2,2H3,(H,19,22,23). The second-order valence-corrected chi connectivity index (χ2v) is 7.44. The van der Waals surface area contributed by atoms with Gasteiger partial charge in [0.1, 0.15) is 0 Å². The molecule has 1 saturated heterocycles. The van der Waals surface area contributed by atoms with Crippen LogP contribution in [0.3, 0.4) is 0 Å². The van der Waals surface area contributed by atoms with Crippen LogP contribution in [0, 0.1) is 0 Å². The van der Waals surface area contributed by atoms with Crippen LogP contribution in [0.1, 0.15) is 5.56 Å². The van der Waals surface area contributed by atoms with Gasteiger partial charge in [0.2, 0.25) is 0 Å². The second-order valence-electron chi connectivity index (χ2n) is 5.53. The molecule has 0 aliphatic carbocycles. The summed E-state index contributed by atoms with van der Waals surface area (Å²) in [6.45, 7) is 4.27. The molecule has 2 atom stereocenters. The summed E-state index contributed by atoms with van der Waals surface area (Å²) in [7, 11) is 1.65. The molecule has 1 aromatic rings. The van der Waals surface area contributed by atoms with Gasteiger partial charge in [-0.15, -0.1) is 6.58 Å². The Balaban J connectivity index is 1.91. The van der Waals surface area contributed by atoms with Crippen molar-refractivity contribution in [3.63, 3.8) is 0 Å². The van der Waals surface area contributed by atoms with Crippen molar-refractivity contribution >= 4 is 44.8 Å². The SMILES string of the molecule is C=CCSC1=NC2C(C(=O)NC(=O)N2C)N1Cc1cccc(Br)c1. The molecule has 126 valence electrons. The number of hydrogen-bond donors (Lipinski definition) is 1. The van der Waals surface area contributed by atoms with Gasteiger partial charge < -0.3 is 9.80 Å². The van der Waals surface area contributed by atoms with E-state index in [1.54, 1.807) is 13.1 Å². The summed E-state index contributed by atoms with van der Waals surface area (Å²) >= 11 is 4.98. The predicted molar refractivity (Wildman–Crippen MR) is 98.7 cm³/mol. The maximum Gasteiger partial charge on any atom is 0.325 e. The molecule has 3 rings (SSSR count). The van der Waals surface area contributed by atoms with Crippen molar-refractivity contribution in [2.45, 2.75) is 18.8 Å². The number of urea groups is 1. The first-order valence-electron chi connectivity index (χ1n) is 7.41. The number of fused-ring (bicyclic) bond motifs is 1. The highest BCUT2D eigenvalue weighted by molar-refractivity contribution is 9.10. The van der Waals surface area contributed by atoms with Crippen LogP contribution in [-0.4, -0.2) is 51.9 Å². The van der Waals surface area contributed by atoms with E-state index in [1.807, 2.05) is 29.2 Å². The Bertz CT molecular complexity index is 724. The van der Waals surface area contributed by atoms with Crippen molar-refractivity contribution in [3.8, 4) is 0 Å². The maximum atomic E-state index is 12.4. The molecule has 1 aromatic carbocycles. The lowest BCUT2D eigenvalue weighted by Crippen LogP contribution is -2.63. The maximum absolute atomic E-state index is 12.4. The Kier molecular flexibility index (Phi) is 4.96. The number of rotatable bonds is 4. The molecule has 0 radical (unpaired) electrons. The molecule has 2 aliphatic heterocycles. The monoisotopic (exact) mass is 408 g/mol. The number of benzene rings is 1. The molecule has 0 aromatic heterocycles. The topological polar surface area (TPSA) is 65.0 Å². The van der Waals surface area contributed by atoms with E-state index in [0.717, 1.165) is 15.2 Å². The van der Waals surface area contributed by atoms with Crippen LogP contribution in [0.15, 0.2) is 46.4 Å². The molecule has 24 heavy (non-hydrogen) atoms. The molecule has 1 fully saturated rings. The number of amides is 3. The number of carbonyl (C=O) groups excluding carboxylic acids is 2. The fourth-order valence-electron chi connectivity index (χ4n) is 2.75. The number of imide groups is 1. The molecule has 2 aliphatic rings. The van der Waals surface area contributed by atoms with Gasteiger partial charge in [0.05, 0.1) is 0 Å². The van der Waals surface area contributed by atoms with Gasteiger partial charge in [-0.05, 0) is 17.7 Å². The normalized spacial score (nSPS) is 23.0. The molecule has 0 spiro atoms. The molecule has 0 bridgehead atoms. The highest BCUT2D eigenvalue weighted by Crippen LogP contribution is 2.30. The Morgan fingerprint density at radius 1 is 1.46 bits per heavy atom. The van der Waals surface area contributed by atoms with Crippen LogP contribution in [0.4, 0.5) is 4.79 Å². The van der Waals surface area contributed by atoms with Crippen molar-refractivity contribution in [1.29, 1.82) is 0 Å². The average Bonchev–Trinajstić information content (AvgIpc) is 2.90. The van der Waals surface area contributed by atoms with Crippen LogP contribution < -0.4 is 5.32 Å². The quantitative estimate of drug-likeness (QED) is 0.776. The molecule has 0 saturated carbocycles. The highest BCUT2D eigenvalue weighted by Gasteiger charge is 2.48. The van der Waals surface area contributed by atoms with E-state index < -0.39 is 18.2 Å². The zero-order valence-corrected chi connectivity index (χ0v) is 15.5. The van der Waals surface area contributed by atoms with Crippen LogP contribution in [0.5, 0.6) is 0 Å². The molecular weight excluding hydrogens is 392 g/mol. The average molecular weight is 409 g/mol. The summed E-state index contributed by atoms with van der Waals surface area (Å²) < 4.78 is 0.980. The van der Waals surface area contributed by atoms with Gasteiger partial charge in [-0.2, -0.15) is 0 Å². The number of nitrogens with zero attached hydrogens (tertiary/aromatic N) is 3. The van der Waals surface area contributed by atoms with Gasteiger partial charge in [0, 0.05) is 23.8 Å². The fraction of sp³-hybridized carbons (Fsp3) is 0.312. The van der Waals surface area contributed by atoms with E-state index in [0.29, 0.717) is 12.3 Å². The number of hydrogen-bond acceptors (Lipinski definition) is 5. The molecule has 1 N–H and O–H groups in total. The molecule has 2 heterocycles.